The molecule has 2 aromatic rings. The Morgan fingerprint density at radius 2 is 1.71 bits per heavy atom. The van der Waals surface area contributed by atoms with Gasteiger partial charge in [-0.1, -0.05) is 24.3 Å². The van der Waals surface area contributed by atoms with Crippen LogP contribution in [0.25, 0.3) is 0 Å². The summed E-state index contributed by atoms with van der Waals surface area (Å²) < 4.78 is 0. The number of fused-ring (bicyclic) bond motifs is 1. The SMILES string of the molecule is CC(NC(=O)NC(C)c1ccc2c(c1)CCCC2)c1cccnc1. The van der Waals surface area contributed by atoms with Crippen molar-refractivity contribution >= 4 is 6.03 Å². The highest BCUT2D eigenvalue weighted by molar-refractivity contribution is 5.75. The first-order chi connectivity index (χ1) is 11.6. The molecule has 0 fully saturated rings. The van der Waals surface area contributed by atoms with Crippen LogP contribution in [0.5, 0.6) is 0 Å². The second-order valence-electron chi connectivity index (χ2n) is 6.58. The first-order valence-electron chi connectivity index (χ1n) is 8.72. The van der Waals surface area contributed by atoms with Crippen LogP contribution in [0.3, 0.4) is 0 Å². The molecule has 1 heterocycles. The van der Waals surface area contributed by atoms with E-state index in [0.717, 1.165) is 12.0 Å². The Kier molecular flexibility index (Phi) is 5.14. The molecule has 0 saturated heterocycles. The van der Waals surface area contributed by atoms with Crippen LogP contribution in [0.15, 0.2) is 42.7 Å². The van der Waals surface area contributed by atoms with Crippen molar-refractivity contribution in [1.82, 2.24) is 15.6 Å². The first-order valence-corrected chi connectivity index (χ1v) is 8.72. The van der Waals surface area contributed by atoms with Gasteiger partial charge in [-0.05, 0) is 67.9 Å². The Morgan fingerprint density at radius 3 is 2.42 bits per heavy atom. The largest absolute Gasteiger partial charge is 0.332 e. The summed E-state index contributed by atoms with van der Waals surface area (Å²) in [6.07, 6.45) is 8.39. The predicted octanol–water partition coefficient (Wildman–Crippen LogP) is 4.08. The van der Waals surface area contributed by atoms with Crippen LogP contribution in [-0.4, -0.2) is 11.0 Å². The maximum atomic E-state index is 12.3. The summed E-state index contributed by atoms with van der Waals surface area (Å²) in [7, 11) is 0. The lowest BCUT2D eigenvalue weighted by molar-refractivity contribution is 0.235. The fraction of sp³-hybridized carbons (Fsp3) is 0.400. The first kappa shape index (κ1) is 16.5. The summed E-state index contributed by atoms with van der Waals surface area (Å²) in [5.41, 5.74) is 5.07. The topological polar surface area (TPSA) is 54.0 Å². The zero-order valence-electron chi connectivity index (χ0n) is 14.4. The maximum Gasteiger partial charge on any atom is 0.315 e. The minimum absolute atomic E-state index is 0.0154. The van der Waals surface area contributed by atoms with Gasteiger partial charge in [0.1, 0.15) is 0 Å². The summed E-state index contributed by atoms with van der Waals surface area (Å²) in [4.78, 5) is 16.3. The second-order valence-corrected chi connectivity index (χ2v) is 6.58. The number of amides is 2. The number of benzene rings is 1. The summed E-state index contributed by atoms with van der Waals surface area (Å²) in [5, 5.41) is 6.00. The second kappa shape index (κ2) is 7.47. The van der Waals surface area contributed by atoms with Crippen LogP contribution in [0.1, 0.15) is 61.0 Å². The van der Waals surface area contributed by atoms with Crippen molar-refractivity contribution in [2.24, 2.45) is 0 Å². The Labute approximate surface area is 143 Å². The summed E-state index contributed by atoms with van der Waals surface area (Å²) >= 11 is 0. The van der Waals surface area contributed by atoms with Gasteiger partial charge in [0.2, 0.25) is 0 Å². The quantitative estimate of drug-likeness (QED) is 0.890. The predicted molar refractivity (Wildman–Crippen MR) is 95.8 cm³/mol. The molecular weight excluding hydrogens is 298 g/mol. The smallest absolute Gasteiger partial charge is 0.315 e. The van der Waals surface area contributed by atoms with Gasteiger partial charge >= 0.3 is 6.03 Å². The lowest BCUT2D eigenvalue weighted by atomic mass is 9.89. The molecular formula is C20H25N3O. The Hall–Kier alpha value is -2.36. The van der Waals surface area contributed by atoms with E-state index < -0.39 is 0 Å². The van der Waals surface area contributed by atoms with E-state index in [1.165, 1.54) is 36.0 Å². The van der Waals surface area contributed by atoms with Gasteiger partial charge in [0.15, 0.2) is 0 Å². The molecule has 2 unspecified atom stereocenters. The van der Waals surface area contributed by atoms with Crippen LogP contribution < -0.4 is 10.6 Å². The molecule has 24 heavy (non-hydrogen) atoms. The maximum absolute atomic E-state index is 12.3. The van der Waals surface area contributed by atoms with E-state index in [4.69, 9.17) is 0 Å². The number of carbonyl (C=O) groups excluding carboxylic acids is 1. The fourth-order valence-corrected chi connectivity index (χ4v) is 3.26. The average molecular weight is 323 g/mol. The molecule has 3 rings (SSSR count). The Bertz CT molecular complexity index is 699. The van der Waals surface area contributed by atoms with Gasteiger partial charge in [0.25, 0.3) is 0 Å². The Morgan fingerprint density at radius 1 is 1.00 bits per heavy atom. The average Bonchev–Trinajstić information content (AvgIpc) is 2.61. The zero-order valence-corrected chi connectivity index (χ0v) is 14.4. The molecule has 2 N–H and O–H groups in total. The van der Waals surface area contributed by atoms with Gasteiger partial charge in [-0.3, -0.25) is 4.98 Å². The molecule has 126 valence electrons. The van der Waals surface area contributed by atoms with E-state index in [0.29, 0.717) is 0 Å². The number of nitrogens with one attached hydrogen (secondary N) is 2. The molecule has 4 heteroatoms. The molecule has 1 aliphatic rings. The molecule has 1 aliphatic carbocycles. The van der Waals surface area contributed by atoms with Gasteiger partial charge in [-0.15, -0.1) is 0 Å². The Balaban J connectivity index is 1.60. The molecule has 2 atom stereocenters. The number of carbonyl (C=O) groups is 1. The van der Waals surface area contributed by atoms with E-state index in [2.05, 4.69) is 33.8 Å². The standard InChI is InChI=1S/C20H25N3O/c1-14(17-10-9-16-6-3-4-7-18(16)12-17)22-20(24)23-15(2)19-8-5-11-21-13-19/h5,8-15H,3-4,6-7H2,1-2H3,(H2,22,23,24). The number of hydrogen-bond donors (Lipinski definition) is 2. The number of urea groups is 1. The molecule has 0 saturated carbocycles. The highest BCUT2D eigenvalue weighted by Crippen LogP contribution is 2.24. The van der Waals surface area contributed by atoms with Crippen LogP contribution in [0, 0.1) is 0 Å². The molecule has 2 amide bonds. The monoisotopic (exact) mass is 323 g/mol. The molecule has 4 nitrogen and oxygen atoms in total. The van der Waals surface area contributed by atoms with Crippen molar-refractivity contribution in [3.8, 4) is 0 Å². The third-order valence-corrected chi connectivity index (χ3v) is 4.75. The van der Waals surface area contributed by atoms with Crippen LogP contribution in [0.2, 0.25) is 0 Å². The van der Waals surface area contributed by atoms with Crippen LogP contribution in [0.4, 0.5) is 4.79 Å². The van der Waals surface area contributed by atoms with E-state index >= 15 is 0 Å². The van der Waals surface area contributed by atoms with Gasteiger partial charge in [0, 0.05) is 12.4 Å². The summed E-state index contributed by atoms with van der Waals surface area (Å²) in [5.74, 6) is 0. The number of aromatic nitrogens is 1. The highest BCUT2D eigenvalue weighted by atomic mass is 16.2. The number of rotatable bonds is 4. The van der Waals surface area contributed by atoms with Gasteiger partial charge < -0.3 is 10.6 Å². The minimum atomic E-state index is -0.156. The van der Waals surface area contributed by atoms with E-state index in [9.17, 15) is 4.79 Å². The van der Waals surface area contributed by atoms with E-state index in [-0.39, 0.29) is 18.1 Å². The molecule has 0 radical (unpaired) electrons. The summed E-state index contributed by atoms with van der Waals surface area (Å²) in [6, 6.07) is 10.2. The zero-order chi connectivity index (χ0) is 16.9. The molecule has 0 spiro atoms. The third-order valence-electron chi connectivity index (χ3n) is 4.75. The van der Waals surface area contributed by atoms with Crippen LogP contribution >= 0.6 is 0 Å². The number of pyridine rings is 1. The fourth-order valence-electron chi connectivity index (χ4n) is 3.26. The third kappa shape index (κ3) is 3.94. The highest BCUT2D eigenvalue weighted by Gasteiger charge is 2.15. The molecule has 1 aromatic heterocycles. The summed E-state index contributed by atoms with van der Waals surface area (Å²) in [6.45, 7) is 3.99. The van der Waals surface area contributed by atoms with Gasteiger partial charge in [0.05, 0.1) is 12.1 Å². The van der Waals surface area contributed by atoms with Crippen LogP contribution in [-0.2, 0) is 12.8 Å². The van der Waals surface area contributed by atoms with Crippen molar-refractivity contribution in [1.29, 1.82) is 0 Å². The number of nitrogens with zero attached hydrogens (tertiary/aromatic N) is 1. The normalized spacial score (nSPS) is 15.9. The lowest BCUT2D eigenvalue weighted by Gasteiger charge is -2.21. The lowest BCUT2D eigenvalue weighted by Crippen LogP contribution is -2.38. The van der Waals surface area contributed by atoms with Crippen molar-refractivity contribution < 1.29 is 4.79 Å². The van der Waals surface area contributed by atoms with Crippen molar-refractivity contribution in [2.75, 3.05) is 0 Å². The van der Waals surface area contributed by atoms with E-state index in [1.807, 2.05) is 26.0 Å². The van der Waals surface area contributed by atoms with Crippen molar-refractivity contribution in [3.05, 3.63) is 65.0 Å². The number of hydrogen-bond acceptors (Lipinski definition) is 2. The molecule has 0 aliphatic heterocycles. The van der Waals surface area contributed by atoms with Crippen molar-refractivity contribution in [2.45, 2.75) is 51.6 Å². The van der Waals surface area contributed by atoms with Crippen molar-refractivity contribution in [3.63, 3.8) is 0 Å². The van der Waals surface area contributed by atoms with E-state index in [1.54, 1.807) is 12.4 Å². The van der Waals surface area contributed by atoms with Gasteiger partial charge in [-0.25, -0.2) is 4.79 Å². The minimum Gasteiger partial charge on any atom is -0.332 e. The number of aryl methyl sites for hydroxylation is 2. The van der Waals surface area contributed by atoms with Gasteiger partial charge in [-0.2, -0.15) is 0 Å². The molecule has 1 aromatic carbocycles. The molecule has 0 bridgehead atoms.